The van der Waals surface area contributed by atoms with Crippen LogP contribution < -0.4 is 9.47 Å². The van der Waals surface area contributed by atoms with Gasteiger partial charge in [0, 0.05) is 6.54 Å². The van der Waals surface area contributed by atoms with Crippen LogP contribution in [0.5, 0.6) is 11.5 Å². The average Bonchev–Trinajstić information content (AvgIpc) is 3.56. The molecule has 0 spiro atoms. The number of ether oxygens (including phenoxy) is 2. The molecular formula is C20H19N5O5S2. The van der Waals surface area contributed by atoms with E-state index >= 15 is 0 Å². The molecule has 166 valence electrons. The molecule has 12 heteroatoms. The van der Waals surface area contributed by atoms with Crippen LogP contribution in [-0.4, -0.2) is 43.1 Å². The first-order valence-corrected chi connectivity index (χ1v) is 11.4. The molecule has 3 aromatic heterocycles. The van der Waals surface area contributed by atoms with Gasteiger partial charge in [-0.05, 0) is 35.7 Å². The Morgan fingerprint density at radius 3 is 2.75 bits per heavy atom. The number of carboxylic acids is 1. The molecule has 4 aromatic rings. The summed E-state index contributed by atoms with van der Waals surface area (Å²) in [5.41, 5.74) is 0. The van der Waals surface area contributed by atoms with Crippen LogP contribution in [0.1, 0.15) is 18.1 Å². The van der Waals surface area contributed by atoms with Crippen molar-refractivity contribution in [2.24, 2.45) is 0 Å². The Morgan fingerprint density at radius 1 is 1.22 bits per heavy atom. The fraction of sp³-hybridized carbons (Fsp3) is 0.250. The molecule has 0 unspecified atom stereocenters. The number of methoxy groups -OCH3 is 1. The molecule has 0 fully saturated rings. The molecule has 0 bridgehead atoms. The Kier molecular flexibility index (Phi) is 7.02. The van der Waals surface area contributed by atoms with Crippen LogP contribution in [0.4, 0.5) is 0 Å². The Morgan fingerprint density at radius 2 is 2.03 bits per heavy atom. The van der Waals surface area contributed by atoms with Gasteiger partial charge in [0.15, 0.2) is 17.6 Å². The number of hydrogen-bond donors (Lipinski definition) is 1. The topological polar surface area (TPSA) is 125 Å². The van der Waals surface area contributed by atoms with Crippen molar-refractivity contribution in [1.82, 2.24) is 24.9 Å². The van der Waals surface area contributed by atoms with E-state index in [0.717, 1.165) is 10.6 Å². The zero-order valence-electron chi connectivity index (χ0n) is 17.0. The molecule has 0 aliphatic carbocycles. The summed E-state index contributed by atoms with van der Waals surface area (Å²) in [4.78, 5) is 16.3. The minimum atomic E-state index is -0.884. The number of benzene rings is 1. The number of hydrogen-bond acceptors (Lipinski definition) is 10. The van der Waals surface area contributed by atoms with Crippen LogP contribution in [-0.2, 0) is 23.7 Å². The lowest BCUT2D eigenvalue weighted by Gasteiger charge is -2.07. The highest BCUT2D eigenvalue weighted by Gasteiger charge is 2.17. The van der Waals surface area contributed by atoms with E-state index in [9.17, 15) is 4.79 Å². The maximum absolute atomic E-state index is 11.1. The molecular weight excluding hydrogens is 454 g/mol. The normalized spacial score (nSPS) is 10.9. The first-order chi connectivity index (χ1) is 15.6. The summed E-state index contributed by atoms with van der Waals surface area (Å²) < 4.78 is 17.9. The molecule has 0 aliphatic rings. The number of thiophene rings is 1. The first-order valence-electron chi connectivity index (χ1n) is 9.52. The molecule has 4 rings (SSSR count). The number of aliphatic carboxylic acids is 1. The van der Waals surface area contributed by atoms with Gasteiger partial charge in [0.05, 0.1) is 24.2 Å². The van der Waals surface area contributed by atoms with Gasteiger partial charge >= 0.3 is 5.97 Å². The minimum Gasteiger partial charge on any atom is -0.497 e. The van der Waals surface area contributed by atoms with E-state index in [1.54, 1.807) is 35.9 Å². The van der Waals surface area contributed by atoms with Gasteiger partial charge in [-0.25, -0.2) is 0 Å². The lowest BCUT2D eigenvalue weighted by molar-refractivity contribution is -0.137. The van der Waals surface area contributed by atoms with E-state index in [1.807, 2.05) is 17.5 Å². The number of aromatic nitrogens is 5. The summed E-state index contributed by atoms with van der Waals surface area (Å²) in [5.74, 6) is 2.37. The number of nitrogens with zero attached hydrogens (tertiary/aromatic N) is 5. The highest BCUT2D eigenvalue weighted by molar-refractivity contribution is 7.98. The van der Waals surface area contributed by atoms with Crippen LogP contribution in [0.15, 0.2) is 51.5 Å². The molecule has 0 saturated heterocycles. The summed E-state index contributed by atoms with van der Waals surface area (Å²) >= 11 is 2.87. The fourth-order valence-corrected chi connectivity index (χ4v) is 4.27. The molecule has 3 heterocycles. The zero-order valence-corrected chi connectivity index (χ0v) is 18.6. The molecule has 0 radical (unpaired) electrons. The largest absolute Gasteiger partial charge is 0.497 e. The van der Waals surface area contributed by atoms with Crippen LogP contribution in [0, 0.1) is 0 Å². The fourth-order valence-electron chi connectivity index (χ4n) is 2.75. The van der Waals surface area contributed by atoms with Crippen molar-refractivity contribution in [3.05, 3.63) is 53.5 Å². The van der Waals surface area contributed by atoms with E-state index in [2.05, 4.69) is 20.3 Å². The maximum Gasteiger partial charge on any atom is 0.305 e. The van der Waals surface area contributed by atoms with Gasteiger partial charge in [0.2, 0.25) is 11.7 Å². The van der Waals surface area contributed by atoms with Crippen molar-refractivity contribution in [3.8, 4) is 22.2 Å². The summed E-state index contributed by atoms with van der Waals surface area (Å²) in [6.45, 7) is 0.431. The zero-order chi connectivity index (χ0) is 22.3. The number of carboxylic acid groups (broad SMARTS) is 1. The van der Waals surface area contributed by atoms with Gasteiger partial charge in [-0.3, -0.25) is 4.79 Å². The third-order valence-corrected chi connectivity index (χ3v) is 6.09. The van der Waals surface area contributed by atoms with E-state index in [1.165, 1.54) is 23.1 Å². The molecule has 0 aliphatic heterocycles. The lowest BCUT2D eigenvalue weighted by atomic mass is 10.3. The average molecular weight is 474 g/mol. The smallest absolute Gasteiger partial charge is 0.305 e. The van der Waals surface area contributed by atoms with Crippen molar-refractivity contribution in [3.63, 3.8) is 0 Å². The third kappa shape index (κ3) is 5.45. The Hall–Kier alpha value is -3.38. The molecule has 0 saturated carbocycles. The molecule has 10 nitrogen and oxygen atoms in total. The lowest BCUT2D eigenvalue weighted by Crippen LogP contribution is -2.07. The highest BCUT2D eigenvalue weighted by Crippen LogP contribution is 2.29. The van der Waals surface area contributed by atoms with Gasteiger partial charge < -0.3 is 23.7 Å². The predicted molar refractivity (Wildman–Crippen MR) is 117 cm³/mol. The van der Waals surface area contributed by atoms with Crippen molar-refractivity contribution < 1.29 is 23.9 Å². The van der Waals surface area contributed by atoms with E-state index in [4.69, 9.17) is 19.1 Å². The molecule has 1 aromatic carbocycles. The van der Waals surface area contributed by atoms with E-state index in [0.29, 0.717) is 34.2 Å². The van der Waals surface area contributed by atoms with Gasteiger partial charge in [0.25, 0.3) is 0 Å². The Labute approximate surface area is 191 Å². The number of rotatable bonds is 11. The molecule has 1 N–H and O–H groups in total. The van der Waals surface area contributed by atoms with Gasteiger partial charge in [-0.1, -0.05) is 23.0 Å². The second kappa shape index (κ2) is 10.3. The Balaban J connectivity index is 1.38. The third-order valence-electron chi connectivity index (χ3n) is 4.27. The highest BCUT2D eigenvalue weighted by atomic mass is 32.2. The molecule has 32 heavy (non-hydrogen) atoms. The second-order valence-corrected chi connectivity index (χ2v) is 8.33. The van der Waals surface area contributed by atoms with Gasteiger partial charge in [-0.2, -0.15) is 4.98 Å². The van der Waals surface area contributed by atoms with Crippen LogP contribution in [0.3, 0.4) is 0 Å². The van der Waals surface area contributed by atoms with Crippen molar-refractivity contribution in [2.45, 2.75) is 30.5 Å². The van der Waals surface area contributed by atoms with Crippen molar-refractivity contribution in [2.75, 3.05) is 7.11 Å². The molecule has 0 amide bonds. The van der Waals surface area contributed by atoms with Crippen LogP contribution >= 0.6 is 23.1 Å². The maximum atomic E-state index is 11.1. The standard InChI is InChI=1S/C20H19N5O5S2/c1-28-13-4-6-14(7-5-13)29-11-16-21-17(30-24-16)12-32-20-23-22-19(15-3-2-10-31-15)25(20)9-8-18(26)27/h2-7,10H,8-9,11-12H2,1H3,(H,26,27). The Bertz CT molecular complexity index is 1160. The summed E-state index contributed by atoms with van der Waals surface area (Å²) in [5, 5.41) is 24.0. The van der Waals surface area contributed by atoms with Crippen molar-refractivity contribution >= 4 is 29.1 Å². The summed E-state index contributed by atoms with van der Waals surface area (Å²) in [6, 6.07) is 11.0. The van der Waals surface area contributed by atoms with Crippen LogP contribution in [0.2, 0.25) is 0 Å². The first kappa shape index (κ1) is 21.8. The van der Waals surface area contributed by atoms with Crippen molar-refractivity contribution in [1.29, 1.82) is 0 Å². The number of thioether (sulfide) groups is 1. The quantitative estimate of drug-likeness (QED) is 0.322. The summed E-state index contributed by atoms with van der Waals surface area (Å²) in [6.07, 6.45) is -0.0304. The number of carbonyl (C=O) groups is 1. The molecule has 0 atom stereocenters. The van der Waals surface area contributed by atoms with E-state index < -0.39 is 5.97 Å². The van der Waals surface area contributed by atoms with Gasteiger partial charge in [-0.15, -0.1) is 21.5 Å². The second-order valence-electron chi connectivity index (χ2n) is 6.44. The predicted octanol–water partition coefficient (Wildman–Crippen LogP) is 3.74. The van der Waals surface area contributed by atoms with Gasteiger partial charge in [0.1, 0.15) is 11.5 Å². The summed E-state index contributed by atoms with van der Waals surface area (Å²) in [7, 11) is 1.60. The minimum absolute atomic E-state index is 0.0304. The monoisotopic (exact) mass is 473 g/mol. The van der Waals surface area contributed by atoms with E-state index in [-0.39, 0.29) is 19.6 Å². The van der Waals surface area contributed by atoms with Crippen LogP contribution in [0.25, 0.3) is 10.7 Å². The SMILES string of the molecule is COc1ccc(OCc2noc(CSc3nnc(-c4cccs4)n3CCC(=O)O)n2)cc1.